The number of hydrogen-bond acceptors (Lipinski definition) is 3. The number of carboxylic acids is 1. The summed E-state index contributed by atoms with van der Waals surface area (Å²) >= 11 is 0. The Hall–Kier alpha value is -2.49. The number of rotatable bonds is 8. The van der Waals surface area contributed by atoms with Crippen molar-refractivity contribution in [3.05, 3.63) is 60.7 Å². The lowest BCUT2D eigenvalue weighted by atomic mass is 10.2. The molecule has 0 radical (unpaired) electrons. The SMILES string of the molecule is O=C(O)C(CCCOc1ccccc1)Oc1ccccc1. The molecule has 4 nitrogen and oxygen atoms in total. The predicted octanol–water partition coefficient (Wildman–Crippen LogP) is 3.38. The summed E-state index contributed by atoms with van der Waals surface area (Å²) in [6, 6.07) is 18.4. The fraction of sp³-hybridized carbons (Fsp3) is 0.235. The zero-order valence-corrected chi connectivity index (χ0v) is 11.6. The van der Waals surface area contributed by atoms with Crippen LogP contribution in [0.1, 0.15) is 12.8 Å². The van der Waals surface area contributed by atoms with Crippen molar-refractivity contribution in [2.75, 3.05) is 6.61 Å². The van der Waals surface area contributed by atoms with E-state index in [1.54, 1.807) is 12.1 Å². The van der Waals surface area contributed by atoms with Crippen molar-refractivity contribution in [3.8, 4) is 11.5 Å². The smallest absolute Gasteiger partial charge is 0.344 e. The molecule has 21 heavy (non-hydrogen) atoms. The van der Waals surface area contributed by atoms with E-state index < -0.39 is 12.1 Å². The van der Waals surface area contributed by atoms with Crippen LogP contribution in [0.25, 0.3) is 0 Å². The van der Waals surface area contributed by atoms with E-state index in [-0.39, 0.29) is 0 Å². The molecule has 2 aromatic rings. The molecule has 0 aliphatic heterocycles. The van der Waals surface area contributed by atoms with Gasteiger partial charge in [-0.2, -0.15) is 0 Å². The summed E-state index contributed by atoms with van der Waals surface area (Å²) in [6.45, 7) is 0.464. The van der Waals surface area contributed by atoms with Gasteiger partial charge in [0.15, 0.2) is 6.10 Å². The first kappa shape index (κ1) is 14.9. The monoisotopic (exact) mass is 286 g/mol. The molecule has 1 N–H and O–H groups in total. The first-order valence-corrected chi connectivity index (χ1v) is 6.88. The van der Waals surface area contributed by atoms with Crippen LogP contribution in [0.4, 0.5) is 0 Å². The Kier molecular flexibility index (Phi) is 5.64. The Morgan fingerprint density at radius 2 is 1.52 bits per heavy atom. The predicted molar refractivity (Wildman–Crippen MR) is 79.7 cm³/mol. The summed E-state index contributed by atoms with van der Waals surface area (Å²) in [5, 5.41) is 9.19. The largest absolute Gasteiger partial charge is 0.494 e. The van der Waals surface area contributed by atoms with Crippen molar-refractivity contribution >= 4 is 5.97 Å². The van der Waals surface area contributed by atoms with Crippen LogP contribution in [0, 0.1) is 0 Å². The second-order valence-electron chi connectivity index (χ2n) is 4.56. The lowest BCUT2D eigenvalue weighted by Crippen LogP contribution is -2.27. The molecule has 0 amide bonds. The summed E-state index contributed by atoms with van der Waals surface area (Å²) in [6.07, 6.45) is 0.155. The minimum atomic E-state index is -0.960. The first-order valence-electron chi connectivity index (χ1n) is 6.88. The number of ether oxygens (including phenoxy) is 2. The lowest BCUT2D eigenvalue weighted by Gasteiger charge is -2.15. The zero-order valence-electron chi connectivity index (χ0n) is 11.6. The Labute approximate surface area is 123 Å². The lowest BCUT2D eigenvalue weighted by molar-refractivity contribution is -0.145. The van der Waals surface area contributed by atoms with E-state index >= 15 is 0 Å². The second kappa shape index (κ2) is 7.94. The minimum Gasteiger partial charge on any atom is -0.494 e. The van der Waals surface area contributed by atoms with Gasteiger partial charge in [-0.05, 0) is 37.1 Å². The molecule has 0 spiro atoms. The molecular weight excluding hydrogens is 268 g/mol. The highest BCUT2D eigenvalue weighted by atomic mass is 16.5. The third kappa shape index (κ3) is 5.18. The average Bonchev–Trinajstić information content (AvgIpc) is 2.52. The van der Waals surface area contributed by atoms with Crippen LogP contribution in [-0.2, 0) is 4.79 Å². The summed E-state index contributed by atoms with van der Waals surface area (Å²) in [7, 11) is 0. The highest BCUT2D eigenvalue weighted by Gasteiger charge is 2.18. The molecule has 0 saturated heterocycles. The van der Waals surface area contributed by atoms with E-state index in [1.807, 2.05) is 48.5 Å². The van der Waals surface area contributed by atoms with Crippen LogP contribution in [-0.4, -0.2) is 23.8 Å². The van der Waals surface area contributed by atoms with E-state index in [1.165, 1.54) is 0 Å². The van der Waals surface area contributed by atoms with Crippen molar-refractivity contribution in [3.63, 3.8) is 0 Å². The fourth-order valence-electron chi connectivity index (χ4n) is 1.87. The minimum absolute atomic E-state index is 0.400. The molecule has 110 valence electrons. The molecule has 0 aliphatic carbocycles. The number of hydrogen-bond donors (Lipinski definition) is 1. The van der Waals surface area contributed by atoms with Crippen LogP contribution in [0.2, 0.25) is 0 Å². The molecule has 0 bridgehead atoms. The molecule has 0 aliphatic rings. The van der Waals surface area contributed by atoms with Gasteiger partial charge in [0.25, 0.3) is 0 Å². The van der Waals surface area contributed by atoms with Crippen LogP contribution in [0.3, 0.4) is 0 Å². The topological polar surface area (TPSA) is 55.8 Å². The average molecular weight is 286 g/mol. The summed E-state index contributed by atoms with van der Waals surface area (Å²) < 4.78 is 11.0. The van der Waals surface area contributed by atoms with Gasteiger partial charge in [0, 0.05) is 0 Å². The highest BCUT2D eigenvalue weighted by Crippen LogP contribution is 2.14. The third-order valence-electron chi connectivity index (χ3n) is 2.92. The normalized spacial score (nSPS) is 11.6. The van der Waals surface area contributed by atoms with E-state index in [2.05, 4.69) is 0 Å². The fourth-order valence-corrected chi connectivity index (χ4v) is 1.87. The highest BCUT2D eigenvalue weighted by molar-refractivity contribution is 5.72. The maximum atomic E-state index is 11.2. The van der Waals surface area contributed by atoms with E-state index in [9.17, 15) is 9.90 Å². The quantitative estimate of drug-likeness (QED) is 0.756. The summed E-state index contributed by atoms with van der Waals surface area (Å²) in [5.41, 5.74) is 0. The molecule has 2 aromatic carbocycles. The first-order chi connectivity index (χ1) is 10.3. The molecular formula is C17H18O4. The number of carboxylic acid groups (broad SMARTS) is 1. The molecule has 0 fully saturated rings. The van der Waals surface area contributed by atoms with Gasteiger partial charge in [-0.25, -0.2) is 4.79 Å². The number of para-hydroxylation sites is 2. The van der Waals surface area contributed by atoms with Gasteiger partial charge >= 0.3 is 5.97 Å². The Balaban J connectivity index is 1.77. The van der Waals surface area contributed by atoms with Crippen molar-refractivity contribution in [2.45, 2.75) is 18.9 Å². The zero-order chi connectivity index (χ0) is 14.9. The molecule has 0 heterocycles. The number of benzene rings is 2. The molecule has 2 rings (SSSR count). The van der Waals surface area contributed by atoms with Crippen molar-refractivity contribution in [1.29, 1.82) is 0 Å². The molecule has 0 aromatic heterocycles. The third-order valence-corrected chi connectivity index (χ3v) is 2.92. The van der Waals surface area contributed by atoms with Gasteiger partial charge in [0.05, 0.1) is 6.61 Å². The van der Waals surface area contributed by atoms with E-state index in [4.69, 9.17) is 9.47 Å². The Bertz CT molecular complexity index is 539. The van der Waals surface area contributed by atoms with Crippen molar-refractivity contribution < 1.29 is 19.4 Å². The molecule has 0 saturated carbocycles. The van der Waals surface area contributed by atoms with Crippen LogP contribution >= 0.6 is 0 Å². The standard InChI is InChI=1S/C17H18O4/c18-17(19)16(21-15-10-5-2-6-11-15)12-7-13-20-14-8-3-1-4-9-14/h1-6,8-11,16H,7,12-13H2,(H,18,19). The van der Waals surface area contributed by atoms with Gasteiger partial charge in [-0.15, -0.1) is 0 Å². The number of aliphatic carboxylic acids is 1. The van der Waals surface area contributed by atoms with Crippen molar-refractivity contribution in [2.24, 2.45) is 0 Å². The van der Waals surface area contributed by atoms with Crippen LogP contribution in [0.15, 0.2) is 60.7 Å². The maximum absolute atomic E-state index is 11.2. The molecule has 4 heteroatoms. The van der Waals surface area contributed by atoms with Crippen molar-refractivity contribution in [1.82, 2.24) is 0 Å². The van der Waals surface area contributed by atoms with E-state index in [0.29, 0.717) is 25.2 Å². The summed E-state index contributed by atoms with van der Waals surface area (Å²) in [5.74, 6) is 0.390. The van der Waals surface area contributed by atoms with Gasteiger partial charge in [-0.1, -0.05) is 36.4 Å². The second-order valence-corrected chi connectivity index (χ2v) is 4.56. The van der Waals surface area contributed by atoms with E-state index in [0.717, 1.165) is 5.75 Å². The number of carbonyl (C=O) groups is 1. The Morgan fingerprint density at radius 3 is 2.10 bits per heavy atom. The van der Waals surface area contributed by atoms with Gasteiger partial charge in [-0.3, -0.25) is 0 Å². The van der Waals surface area contributed by atoms with Crippen LogP contribution < -0.4 is 9.47 Å². The van der Waals surface area contributed by atoms with Crippen LogP contribution in [0.5, 0.6) is 11.5 Å². The Morgan fingerprint density at radius 1 is 0.952 bits per heavy atom. The maximum Gasteiger partial charge on any atom is 0.344 e. The van der Waals surface area contributed by atoms with Gasteiger partial charge in [0.2, 0.25) is 0 Å². The van der Waals surface area contributed by atoms with Gasteiger partial charge < -0.3 is 14.6 Å². The molecule has 1 atom stereocenters. The van der Waals surface area contributed by atoms with Gasteiger partial charge in [0.1, 0.15) is 11.5 Å². The molecule has 1 unspecified atom stereocenters. The summed E-state index contributed by atoms with van der Waals surface area (Å²) in [4.78, 5) is 11.2.